The van der Waals surface area contributed by atoms with E-state index in [2.05, 4.69) is 25.9 Å². The summed E-state index contributed by atoms with van der Waals surface area (Å²) in [7, 11) is 1.64. The number of H-pyrrole nitrogens is 2. The first-order chi connectivity index (χ1) is 18.8. The van der Waals surface area contributed by atoms with Gasteiger partial charge in [-0.25, -0.2) is 9.36 Å². The van der Waals surface area contributed by atoms with Gasteiger partial charge in [0.15, 0.2) is 0 Å². The number of nitrogens with one attached hydrogen (secondary N) is 2. The minimum atomic E-state index is -0.741. The van der Waals surface area contributed by atoms with E-state index in [1.165, 1.54) is 0 Å². The monoisotopic (exact) mass is 586 g/mol. The normalized spacial score (nSPS) is 11.7. The Morgan fingerprint density at radius 1 is 1.00 bits per heavy atom. The molecule has 39 heavy (non-hydrogen) atoms. The standard InChI is InChI=1S/C30H27BrN4O4/c1-17-4-6-19(7-5-17)27(32-15-14-23-18(2)33-25-13-12-22(39-3)16-24(23)25)26-28(36)34-30(38)35(29(26)37)21-10-8-20(31)9-11-21/h4-13,16,33,37H,14-15H2,1-3H3,(H,34,36,38). The number of benzene rings is 3. The maximum absolute atomic E-state index is 13.1. The minimum absolute atomic E-state index is 0.0707. The lowest BCUT2D eigenvalue weighted by atomic mass is 10.0. The third-order valence-corrected chi connectivity index (χ3v) is 7.22. The lowest BCUT2D eigenvalue weighted by molar-refractivity contribution is 0.415. The van der Waals surface area contributed by atoms with Crippen LogP contribution in [0.3, 0.4) is 0 Å². The van der Waals surface area contributed by atoms with Crippen molar-refractivity contribution in [2.75, 3.05) is 13.7 Å². The molecule has 5 aromatic rings. The highest BCUT2D eigenvalue weighted by Gasteiger charge is 2.22. The van der Waals surface area contributed by atoms with Gasteiger partial charge in [-0.05, 0) is 68.3 Å². The highest BCUT2D eigenvalue weighted by molar-refractivity contribution is 9.10. The zero-order valence-electron chi connectivity index (χ0n) is 21.7. The van der Waals surface area contributed by atoms with E-state index in [9.17, 15) is 14.7 Å². The van der Waals surface area contributed by atoms with E-state index in [4.69, 9.17) is 9.73 Å². The number of halogens is 1. The van der Waals surface area contributed by atoms with Gasteiger partial charge in [0.1, 0.15) is 11.3 Å². The Kier molecular flexibility index (Phi) is 7.26. The van der Waals surface area contributed by atoms with Crippen molar-refractivity contribution in [1.82, 2.24) is 14.5 Å². The third-order valence-electron chi connectivity index (χ3n) is 6.69. The molecule has 0 unspecified atom stereocenters. The summed E-state index contributed by atoms with van der Waals surface area (Å²) in [5.74, 6) is 0.289. The molecule has 0 aliphatic heterocycles. The number of fused-ring (bicyclic) bond motifs is 1. The topological polar surface area (TPSA) is 112 Å². The summed E-state index contributed by atoms with van der Waals surface area (Å²) in [5, 5.41) is 12.4. The van der Waals surface area contributed by atoms with Crippen LogP contribution in [0.2, 0.25) is 0 Å². The second kappa shape index (κ2) is 10.8. The van der Waals surface area contributed by atoms with Gasteiger partial charge in [0.25, 0.3) is 5.56 Å². The molecule has 3 N–H and O–H groups in total. The Labute approximate surface area is 232 Å². The van der Waals surface area contributed by atoms with Crippen LogP contribution in [-0.2, 0) is 6.42 Å². The number of aromatic hydroxyl groups is 1. The molecule has 0 bridgehead atoms. The SMILES string of the molecule is COc1ccc2[nH]c(C)c(CCN=C(c3ccc(C)cc3)c3c(O)n(-c4ccc(Br)cc4)c(=O)[nH]c3=O)c2c1. The van der Waals surface area contributed by atoms with Crippen molar-refractivity contribution in [3.8, 4) is 17.3 Å². The Hall–Kier alpha value is -4.37. The van der Waals surface area contributed by atoms with E-state index in [0.717, 1.165) is 42.5 Å². The number of aliphatic imine (C=N–C) groups is 1. The second-order valence-electron chi connectivity index (χ2n) is 9.26. The van der Waals surface area contributed by atoms with Crippen molar-refractivity contribution in [2.24, 2.45) is 4.99 Å². The van der Waals surface area contributed by atoms with Crippen molar-refractivity contribution >= 4 is 32.5 Å². The summed E-state index contributed by atoms with van der Waals surface area (Å²) >= 11 is 3.38. The van der Waals surface area contributed by atoms with Crippen molar-refractivity contribution in [3.05, 3.63) is 120 Å². The fraction of sp³-hybridized carbons (Fsp3) is 0.167. The maximum atomic E-state index is 13.1. The van der Waals surface area contributed by atoms with Gasteiger partial charge in [0.05, 0.1) is 18.5 Å². The predicted molar refractivity (Wildman–Crippen MR) is 157 cm³/mol. The number of hydrogen-bond donors (Lipinski definition) is 3. The molecule has 0 aliphatic carbocycles. The van der Waals surface area contributed by atoms with Crippen LogP contribution in [0.15, 0.2) is 85.8 Å². The van der Waals surface area contributed by atoms with Crippen LogP contribution in [0.1, 0.15) is 27.9 Å². The number of aromatic amines is 2. The lowest BCUT2D eigenvalue weighted by Crippen LogP contribution is -2.33. The molecule has 0 saturated heterocycles. The summed E-state index contributed by atoms with van der Waals surface area (Å²) in [6.07, 6.45) is 0.583. The van der Waals surface area contributed by atoms with Gasteiger partial charge in [-0.1, -0.05) is 45.8 Å². The molecule has 0 saturated carbocycles. The Morgan fingerprint density at radius 3 is 2.41 bits per heavy atom. The number of aromatic nitrogens is 3. The van der Waals surface area contributed by atoms with Crippen molar-refractivity contribution in [1.29, 1.82) is 0 Å². The van der Waals surface area contributed by atoms with Crippen LogP contribution in [-0.4, -0.2) is 39.0 Å². The van der Waals surface area contributed by atoms with E-state index >= 15 is 0 Å². The molecule has 3 aromatic carbocycles. The summed E-state index contributed by atoms with van der Waals surface area (Å²) in [5.41, 5.74) is 4.00. The molecule has 5 rings (SSSR count). The number of rotatable bonds is 7. The molecule has 2 heterocycles. The van der Waals surface area contributed by atoms with Gasteiger partial charge in [-0.2, -0.15) is 0 Å². The fourth-order valence-electron chi connectivity index (χ4n) is 4.68. The van der Waals surface area contributed by atoms with Gasteiger partial charge in [0, 0.05) is 33.2 Å². The van der Waals surface area contributed by atoms with E-state index in [1.54, 1.807) is 31.4 Å². The quantitative estimate of drug-likeness (QED) is 0.228. The number of hydrogen-bond acceptors (Lipinski definition) is 5. The summed E-state index contributed by atoms with van der Waals surface area (Å²) in [6.45, 7) is 4.31. The first kappa shape index (κ1) is 26.2. The predicted octanol–water partition coefficient (Wildman–Crippen LogP) is 5.18. The van der Waals surface area contributed by atoms with Gasteiger partial charge < -0.3 is 14.8 Å². The largest absolute Gasteiger partial charge is 0.497 e. The third kappa shape index (κ3) is 5.18. The average Bonchev–Trinajstić information content (AvgIpc) is 3.23. The molecule has 8 nitrogen and oxygen atoms in total. The average molecular weight is 587 g/mol. The number of methoxy groups -OCH3 is 1. The molecular weight excluding hydrogens is 560 g/mol. The zero-order valence-corrected chi connectivity index (χ0v) is 23.3. The van der Waals surface area contributed by atoms with Crippen LogP contribution in [0.25, 0.3) is 16.6 Å². The first-order valence-corrected chi connectivity index (χ1v) is 13.2. The smallest absolute Gasteiger partial charge is 0.335 e. The van der Waals surface area contributed by atoms with Crippen LogP contribution in [0.5, 0.6) is 11.6 Å². The molecule has 0 radical (unpaired) electrons. The van der Waals surface area contributed by atoms with Gasteiger partial charge >= 0.3 is 5.69 Å². The van der Waals surface area contributed by atoms with E-state index in [1.807, 2.05) is 56.3 Å². The Balaban J connectivity index is 1.62. The molecule has 0 aliphatic rings. The molecule has 2 aromatic heterocycles. The van der Waals surface area contributed by atoms with Crippen LogP contribution in [0, 0.1) is 13.8 Å². The molecule has 9 heteroatoms. The van der Waals surface area contributed by atoms with Gasteiger partial charge in [-0.15, -0.1) is 0 Å². The van der Waals surface area contributed by atoms with Crippen LogP contribution in [0.4, 0.5) is 0 Å². The highest BCUT2D eigenvalue weighted by Crippen LogP contribution is 2.27. The summed E-state index contributed by atoms with van der Waals surface area (Å²) < 4.78 is 7.29. The van der Waals surface area contributed by atoms with Gasteiger partial charge in [-0.3, -0.25) is 14.8 Å². The van der Waals surface area contributed by atoms with Crippen molar-refractivity contribution in [3.63, 3.8) is 0 Å². The van der Waals surface area contributed by atoms with E-state index in [-0.39, 0.29) is 5.56 Å². The van der Waals surface area contributed by atoms with Crippen LogP contribution < -0.4 is 16.0 Å². The molecule has 0 spiro atoms. The minimum Gasteiger partial charge on any atom is -0.497 e. The fourth-order valence-corrected chi connectivity index (χ4v) is 4.95. The number of ether oxygens (including phenoxy) is 1. The van der Waals surface area contributed by atoms with Crippen molar-refractivity contribution in [2.45, 2.75) is 20.3 Å². The van der Waals surface area contributed by atoms with E-state index < -0.39 is 17.1 Å². The van der Waals surface area contributed by atoms with Crippen LogP contribution >= 0.6 is 15.9 Å². The Bertz CT molecular complexity index is 1810. The first-order valence-electron chi connectivity index (χ1n) is 12.4. The molecule has 198 valence electrons. The van der Waals surface area contributed by atoms with Gasteiger partial charge in [0.2, 0.25) is 5.88 Å². The number of aryl methyl sites for hydroxylation is 2. The molecule has 0 amide bonds. The number of nitrogens with zero attached hydrogens (tertiary/aromatic N) is 2. The van der Waals surface area contributed by atoms with Crippen molar-refractivity contribution < 1.29 is 9.84 Å². The molecular formula is C30H27BrN4O4. The van der Waals surface area contributed by atoms with E-state index in [0.29, 0.717) is 29.9 Å². The molecule has 0 atom stereocenters. The maximum Gasteiger partial charge on any atom is 0.335 e. The highest BCUT2D eigenvalue weighted by atomic mass is 79.9. The summed E-state index contributed by atoms with van der Waals surface area (Å²) in [4.78, 5) is 36.5. The zero-order chi connectivity index (χ0) is 27.7. The Morgan fingerprint density at radius 2 is 1.72 bits per heavy atom. The lowest BCUT2D eigenvalue weighted by Gasteiger charge is -2.14. The second-order valence-corrected chi connectivity index (χ2v) is 10.2. The summed E-state index contributed by atoms with van der Waals surface area (Å²) in [6, 6.07) is 20.2. The molecule has 0 fully saturated rings.